The molecule has 1 aliphatic rings. The molecule has 1 fully saturated rings. The highest BCUT2D eigenvalue weighted by Crippen LogP contribution is 2.09. The molecule has 2 rings (SSSR count). The summed E-state index contributed by atoms with van der Waals surface area (Å²) in [4.78, 5) is 13.9. The Labute approximate surface area is 109 Å². The number of piperidine rings is 1. The van der Waals surface area contributed by atoms with Crippen LogP contribution in [0.4, 0.5) is 0 Å². The number of rotatable bonds is 5. The standard InChI is InChI=1S/C14H23N3O/c1-16-10-6-13(12-16)11-15-7-5-14(18)17-8-3-2-4-9-17/h6,10,12,15H,2-5,7-9,11H2,1H3. The van der Waals surface area contributed by atoms with Gasteiger partial charge in [0.1, 0.15) is 0 Å². The molecule has 1 aromatic heterocycles. The van der Waals surface area contributed by atoms with Crippen LogP contribution in [0.3, 0.4) is 0 Å². The second kappa shape index (κ2) is 6.59. The summed E-state index contributed by atoms with van der Waals surface area (Å²) in [5.41, 5.74) is 1.27. The number of nitrogens with zero attached hydrogens (tertiary/aromatic N) is 2. The molecule has 1 N–H and O–H groups in total. The minimum absolute atomic E-state index is 0.301. The largest absolute Gasteiger partial charge is 0.357 e. The number of carbonyl (C=O) groups excluding carboxylic acids is 1. The molecule has 0 aromatic carbocycles. The van der Waals surface area contributed by atoms with Gasteiger partial charge in [-0.1, -0.05) is 0 Å². The molecule has 0 atom stereocenters. The topological polar surface area (TPSA) is 37.3 Å². The summed E-state index contributed by atoms with van der Waals surface area (Å²) in [7, 11) is 2.02. The van der Waals surface area contributed by atoms with Crippen LogP contribution in [0.5, 0.6) is 0 Å². The van der Waals surface area contributed by atoms with Crippen molar-refractivity contribution in [2.75, 3.05) is 19.6 Å². The lowest BCUT2D eigenvalue weighted by Gasteiger charge is -2.26. The van der Waals surface area contributed by atoms with Crippen LogP contribution >= 0.6 is 0 Å². The summed E-state index contributed by atoms with van der Waals surface area (Å²) >= 11 is 0. The SMILES string of the molecule is Cn1ccc(CNCCC(=O)N2CCCCC2)c1. The van der Waals surface area contributed by atoms with E-state index < -0.39 is 0 Å². The van der Waals surface area contributed by atoms with Gasteiger partial charge in [0.05, 0.1) is 0 Å². The lowest BCUT2D eigenvalue weighted by molar-refractivity contribution is -0.131. The van der Waals surface area contributed by atoms with Crippen molar-refractivity contribution < 1.29 is 4.79 Å². The summed E-state index contributed by atoms with van der Waals surface area (Å²) in [5, 5.41) is 3.32. The van der Waals surface area contributed by atoms with Crippen molar-refractivity contribution in [3.05, 3.63) is 24.0 Å². The molecule has 0 aliphatic carbocycles. The maximum atomic E-state index is 11.9. The summed E-state index contributed by atoms with van der Waals surface area (Å²) in [5.74, 6) is 0.301. The Hall–Kier alpha value is -1.29. The monoisotopic (exact) mass is 249 g/mol. The van der Waals surface area contributed by atoms with Crippen LogP contribution < -0.4 is 5.32 Å². The minimum atomic E-state index is 0.301. The molecule has 1 aromatic rings. The number of carbonyl (C=O) groups is 1. The number of nitrogens with one attached hydrogen (secondary N) is 1. The Bertz CT molecular complexity index is 380. The van der Waals surface area contributed by atoms with Gasteiger partial charge < -0.3 is 14.8 Å². The lowest BCUT2D eigenvalue weighted by atomic mass is 10.1. The lowest BCUT2D eigenvalue weighted by Crippen LogP contribution is -2.37. The zero-order valence-corrected chi connectivity index (χ0v) is 11.2. The van der Waals surface area contributed by atoms with Crippen molar-refractivity contribution in [1.29, 1.82) is 0 Å². The van der Waals surface area contributed by atoms with E-state index >= 15 is 0 Å². The second-order valence-electron chi connectivity index (χ2n) is 5.05. The maximum Gasteiger partial charge on any atom is 0.223 e. The third-order valence-corrected chi connectivity index (χ3v) is 3.45. The van der Waals surface area contributed by atoms with Crippen molar-refractivity contribution in [1.82, 2.24) is 14.8 Å². The van der Waals surface area contributed by atoms with E-state index in [4.69, 9.17) is 0 Å². The predicted octanol–water partition coefficient (Wildman–Crippen LogP) is 1.52. The molecule has 1 amide bonds. The first kappa shape index (κ1) is 13.1. The fourth-order valence-electron chi connectivity index (χ4n) is 2.39. The average Bonchev–Trinajstić information content (AvgIpc) is 2.81. The van der Waals surface area contributed by atoms with E-state index in [9.17, 15) is 4.79 Å². The Morgan fingerprint density at radius 3 is 2.78 bits per heavy atom. The highest BCUT2D eigenvalue weighted by Gasteiger charge is 2.15. The number of amides is 1. The molecule has 1 aliphatic heterocycles. The normalized spacial score (nSPS) is 15.9. The molecule has 0 bridgehead atoms. The fourth-order valence-corrected chi connectivity index (χ4v) is 2.39. The predicted molar refractivity (Wildman–Crippen MR) is 72.2 cm³/mol. The smallest absolute Gasteiger partial charge is 0.223 e. The van der Waals surface area contributed by atoms with Gasteiger partial charge in [0, 0.05) is 52.0 Å². The van der Waals surface area contributed by atoms with E-state index in [1.54, 1.807) is 0 Å². The van der Waals surface area contributed by atoms with Crippen molar-refractivity contribution in [3.63, 3.8) is 0 Å². The second-order valence-corrected chi connectivity index (χ2v) is 5.05. The molecule has 0 saturated carbocycles. The van der Waals surface area contributed by atoms with E-state index in [1.807, 2.05) is 22.7 Å². The highest BCUT2D eigenvalue weighted by atomic mass is 16.2. The molecule has 0 unspecified atom stereocenters. The van der Waals surface area contributed by atoms with E-state index in [1.165, 1.54) is 24.8 Å². The van der Waals surface area contributed by atoms with Crippen molar-refractivity contribution >= 4 is 5.91 Å². The zero-order valence-electron chi connectivity index (χ0n) is 11.2. The Morgan fingerprint density at radius 1 is 1.33 bits per heavy atom. The Balaban J connectivity index is 1.61. The van der Waals surface area contributed by atoms with Gasteiger partial charge in [-0.15, -0.1) is 0 Å². The number of aromatic nitrogens is 1. The number of aryl methyl sites for hydroxylation is 1. The van der Waals surface area contributed by atoms with Crippen LogP contribution in [-0.4, -0.2) is 35.0 Å². The third kappa shape index (κ3) is 3.88. The average molecular weight is 249 g/mol. The third-order valence-electron chi connectivity index (χ3n) is 3.45. The molecule has 4 nitrogen and oxygen atoms in total. The first-order valence-electron chi connectivity index (χ1n) is 6.85. The van der Waals surface area contributed by atoms with Gasteiger partial charge in [-0.3, -0.25) is 4.79 Å². The number of hydrogen-bond acceptors (Lipinski definition) is 2. The van der Waals surface area contributed by atoms with E-state index in [0.29, 0.717) is 12.3 Å². The molecule has 100 valence electrons. The summed E-state index contributed by atoms with van der Waals surface area (Å²) in [6.45, 7) is 3.52. The van der Waals surface area contributed by atoms with Crippen molar-refractivity contribution in [2.24, 2.45) is 7.05 Å². The molecule has 0 spiro atoms. The maximum absolute atomic E-state index is 11.9. The molecule has 1 saturated heterocycles. The van der Waals surface area contributed by atoms with Crippen LogP contribution in [0.2, 0.25) is 0 Å². The molecule has 4 heteroatoms. The Kier molecular flexibility index (Phi) is 4.81. The van der Waals surface area contributed by atoms with Gasteiger partial charge in [0.25, 0.3) is 0 Å². The number of likely N-dealkylation sites (tertiary alicyclic amines) is 1. The Morgan fingerprint density at radius 2 is 2.11 bits per heavy atom. The van der Waals surface area contributed by atoms with E-state index in [-0.39, 0.29) is 0 Å². The van der Waals surface area contributed by atoms with Gasteiger partial charge in [-0.25, -0.2) is 0 Å². The van der Waals surface area contributed by atoms with Crippen LogP contribution in [0.1, 0.15) is 31.2 Å². The summed E-state index contributed by atoms with van der Waals surface area (Å²) in [6.07, 6.45) is 8.37. The van der Waals surface area contributed by atoms with Crippen LogP contribution in [-0.2, 0) is 18.4 Å². The quantitative estimate of drug-likeness (QED) is 0.803. The molecular weight excluding hydrogens is 226 g/mol. The van der Waals surface area contributed by atoms with Gasteiger partial charge in [-0.05, 0) is 30.9 Å². The van der Waals surface area contributed by atoms with Gasteiger partial charge in [-0.2, -0.15) is 0 Å². The fraction of sp³-hybridized carbons (Fsp3) is 0.643. The van der Waals surface area contributed by atoms with Crippen molar-refractivity contribution in [2.45, 2.75) is 32.2 Å². The van der Waals surface area contributed by atoms with Crippen molar-refractivity contribution in [3.8, 4) is 0 Å². The van der Waals surface area contributed by atoms with Gasteiger partial charge >= 0.3 is 0 Å². The van der Waals surface area contributed by atoms with Gasteiger partial charge in [0.15, 0.2) is 0 Å². The molecule has 2 heterocycles. The number of hydrogen-bond donors (Lipinski definition) is 1. The molecule has 0 radical (unpaired) electrons. The first-order valence-corrected chi connectivity index (χ1v) is 6.85. The summed E-state index contributed by atoms with van der Waals surface area (Å²) < 4.78 is 2.04. The van der Waals surface area contributed by atoms with E-state index in [0.717, 1.165) is 26.2 Å². The first-order chi connectivity index (χ1) is 8.75. The zero-order chi connectivity index (χ0) is 12.8. The minimum Gasteiger partial charge on any atom is -0.357 e. The summed E-state index contributed by atoms with van der Waals surface area (Å²) in [6, 6.07) is 2.10. The van der Waals surface area contributed by atoms with Crippen LogP contribution in [0.25, 0.3) is 0 Å². The highest BCUT2D eigenvalue weighted by molar-refractivity contribution is 5.76. The van der Waals surface area contributed by atoms with Crippen LogP contribution in [0.15, 0.2) is 18.5 Å². The van der Waals surface area contributed by atoms with E-state index in [2.05, 4.69) is 17.6 Å². The molecule has 18 heavy (non-hydrogen) atoms. The van der Waals surface area contributed by atoms with Crippen LogP contribution in [0, 0.1) is 0 Å². The van der Waals surface area contributed by atoms with Gasteiger partial charge in [0.2, 0.25) is 5.91 Å². The molecular formula is C14H23N3O.